The molecule has 0 saturated heterocycles. The summed E-state index contributed by atoms with van der Waals surface area (Å²) in [6, 6.07) is 0. The number of aliphatic hydroxyl groups is 1. The van der Waals surface area contributed by atoms with Crippen molar-refractivity contribution in [3.05, 3.63) is 0 Å². The Morgan fingerprint density at radius 1 is 1.62 bits per heavy atom. The van der Waals surface area contributed by atoms with Crippen molar-refractivity contribution in [2.75, 3.05) is 7.11 Å². The number of hydrogen-bond acceptors (Lipinski definition) is 5. The van der Waals surface area contributed by atoms with Crippen molar-refractivity contribution in [2.45, 2.75) is 32.0 Å². The normalized spacial score (nSPS) is 14.4. The van der Waals surface area contributed by atoms with Crippen LogP contribution in [0.25, 0.3) is 0 Å². The van der Waals surface area contributed by atoms with Gasteiger partial charge in [0.25, 0.3) is 6.47 Å². The predicted octanol–water partition coefficient (Wildman–Crippen LogP) is 0.211. The van der Waals surface area contributed by atoms with E-state index in [9.17, 15) is 14.7 Å². The molecule has 0 amide bonds. The maximum absolute atomic E-state index is 11.0. The second-order valence-corrected chi connectivity index (χ2v) is 2.59. The van der Waals surface area contributed by atoms with Gasteiger partial charge in [0, 0.05) is 6.42 Å². The summed E-state index contributed by atoms with van der Waals surface area (Å²) in [5, 5.41) is 9.48. The monoisotopic (exact) mass is 190 g/mol. The van der Waals surface area contributed by atoms with Gasteiger partial charge in [-0.05, 0) is 6.42 Å². The lowest BCUT2D eigenvalue weighted by Gasteiger charge is -2.22. The molecule has 0 aliphatic rings. The predicted molar refractivity (Wildman–Crippen MR) is 43.6 cm³/mol. The van der Waals surface area contributed by atoms with Crippen LogP contribution in [0.15, 0.2) is 0 Å². The molecule has 0 aromatic rings. The lowest BCUT2D eigenvalue weighted by molar-refractivity contribution is -0.220. The van der Waals surface area contributed by atoms with Crippen LogP contribution >= 0.6 is 0 Å². The van der Waals surface area contributed by atoms with E-state index < -0.39 is 11.8 Å². The summed E-state index contributed by atoms with van der Waals surface area (Å²) < 4.78 is 8.58. The number of esters is 1. The lowest BCUT2D eigenvalue weighted by atomic mass is 10.1. The number of carbonyl (C=O) groups excluding carboxylic acids is 2. The van der Waals surface area contributed by atoms with Crippen LogP contribution in [0.5, 0.6) is 0 Å². The van der Waals surface area contributed by atoms with Gasteiger partial charge in [0.05, 0.1) is 7.11 Å². The smallest absolute Gasteiger partial charge is 0.379 e. The van der Waals surface area contributed by atoms with Crippen molar-refractivity contribution in [2.24, 2.45) is 0 Å². The molecule has 0 fully saturated rings. The summed E-state index contributed by atoms with van der Waals surface area (Å²) >= 11 is 0. The van der Waals surface area contributed by atoms with Crippen molar-refractivity contribution < 1.29 is 24.2 Å². The number of carbonyl (C=O) groups is 2. The largest absolute Gasteiger partial charge is 0.464 e. The minimum absolute atomic E-state index is 0.0343. The van der Waals surface area contributed by atoms with Gasteiger partial charge in [0.2, 0.25) is 0 Å². The van der Waals surface area contributed by atoms with E-state index in [1.54, 1.807) is 0 Å². The topological polar surface area (TPSA) is 72.8 Å². The van der Waals surface area contributed by atoms with Crippen LogP contribution in [0.3, 0.4) is 0 Å². The maximum Gasteiger partial charge on any atom is 0.379 e. The van der Waals surface area contributed by atoms with Gasteiger partial charge < -0.3 is 14.6 Å². The summed E-state index contributed by atoms with van der Waals surface area (Å²) in [7, 11) is 1.12. The van der Waals surface area contributed by atoms with Gasteiger partial charge in [0.1, 0.15) is 0 Å². The Hall–Kier alpha value is -1.10. The van der Waals surface area contributed by atoms with Crippen LogP contribution in [-0.2, 0) is 19.1 Å². The van der Waals surface area contributed by atoms with Crippen LogP contribution in [0.4, 0.5) is 0 Å². The van der Waals surface area contributed by atoms with Gasteiger partial charge >= 0.3 is 11.8 Å². The van der Waals surface area contributed by atoms with Crippen molar-refractivity contribution in [1.29, 1.82) is 0 Å². The van der Waals surface area contributed by atoms with E-state index in [-0.39, 0.29) is 12.9 Å². The first kappa shape index (κ1) is 11.9. The number of methoxy groups -OCH3 is 1. The number of hydrogen-bond donors (Lipinski definition) is 1. The Kier molecular flexibility index (Phi) is 5.06. The van der Waals surface area contributed by atoms with E-state index in [2.05, 4.69) is 9.47 Å². The SMILES string of the molecule is CCCCC(O)(OC=O)C(=O)OC. The molecular formula is C8H14O5. The zero-order valence-corrected chi connectivity index (χ0v) is 7.78. The summed E-state index contributed by atoms with van der Waals surface area (Å²) in [6.45, 7) is 1.92. The molecule has 5 nitrogen and oxygen atoms in total. The Labute approximate surface area is 76.6 Å². The van der Waals surface area contributed by atoms with E-state index >= 15 is 0 Å². The van der Waals surface area contributed by atoms with Gasteiger partial charge in [-0.3, -0.25) is 4.79 Å². The third kappa shape index (κ3) is 3.42. The maximum atomic E-state index is 11.0. The first-order valence-corrected chi connectivity index (χ1v) is 4.03. The highest BCUT2D eigenvalue weighted by molar-refractivity contribution is 5.78. The number of unbranched alkanes of at least 4 members (excludes halogenated alkanes) is 1. The molecule has 0 spiro atoms. The molecule has 13 heavy (non-hydrogen) atoms. The molecular weight excluding hydrogens is 176 g/mol. The van der Waals surface area contributed by atoms with Crippen molar-refractivity contribution >= 4 is 12.4 Å². The van der Waals surface area contributed by atoms with Crippen LogP contribution in [0.1, 0.15) is 26.2 Å². The molecule has 0 radical (unpaired) electrons. The molecule has 76 valence electrons. The number of ether oxygens (including phenoxy) is 2. The second-order valence-electron chi connectivity index (χ2n) is 2.59. The first-order valence-electron chi connectivity index (χ1n) is 4.03. The average molecular weight is 190 g/mol. The van der Waals surface area contributed by atoms with Crippen LogP contribution in [-0.4, -0.2) is 30.4 Å². The molecule has 0 aliphatic heterocycles. The molecule has 0 aromatic carbocycles. The van der Waals surface area contributed by atoms with Gasteiger partial charge in [-0.2, -0.15) is 0 Å². The fraction of sp³-hybridized carbons (Fsp3) is 0.750. The van der Waals surface area contributed by atoms with Gasteiger partial charge in [-0.25, -0.2) is 4.79 Å². The van der Waals surface area contributed by atoms with Crippen LogP contribution in [0, 0.1) is 0 Å². The molecule has 0 rings (SSSR count). The first-order chi connectivity index (χ1) is 6.10. The Morgan fingerprint density at radius 3 is 2.62 bits per heavy atom. The molecule has 5 heteroatoms. The molecule has 1 unspecified atom stereocenters. The van der Waals surface area contributed by atoms with Crippen molar-refractivity contribution in [3.63, 3.8) is 0 Å². The zero-order chi connectivity index (χ0) is 10.3. The molecule has 1 atom stereocenters. The Bertz CT molecular complexity index is 179. The third-order valence-corrected chi connectivity index (χ3v) is 1.62. The molecule has 0 aliphatic carbocycles. The van der Waals surface area contributed by atoms with Gasteiger partial charge in [-0.15, -0.1) is 0 Å². The molecule has 0 aromatic heterocycles. The summed E-state index contributed by atoms with van der Waals surface area (Å²) in [5.41, 5.74) is 0. The quantitative estimate of drug-likeness (QED) is 0.368. The Balaban J connectivity index is 4.31. The van der Waals surface area contributed by atoms with Crippen LogP contribution in [0.2, 0.25) is 0 Å². The minimum Gasteiger partial charge on any atom is -0.464 e. The standard InChI is InChI=1S/C8H14O5/c1-3-4-5-8(11,13-6-9)7(10)12-2/h6,11H,3-5H2,1-2H3. The van der Waals surface area contributed by atoms with E-state index in [0.29, 0.717) is 6.42 Å². The molecule has 0 saturated carbocycles. The summed E-state index contributed by atoms with van der Waals surface area (Å²) in [4.78, 5) is 21.0. The lowest BCUT2D eigenvalue weighted by Crippen LogP contribution is -2.42. The van der Waals surface area contributed by atoms with Crippen molar-refractivity contribution in [3.8, 4) is 0 Å². The summed E-state index contributed by atoms with van der Waals surface area (Å²) in [6.07, 6.45) is 1.40. The fourth-order valence-corrected chi connectivity index (χ4v) is 0.865. The van der Waals surface area contributed by atoms with E-state index in [0.717, 1.165) is 13.5 Å². The average Bonchev–Trinajstić information content (AvgIpc) is 2.14. The highest BCUT2D eigenvalue weighted by Gasteiger charge is 2.38. The van der Waals surface area contributed by atoms with Gasteiger partial charge in [-0.1, -0.05) is 13.3 Å². The van der Waals surface area contributed by atoms with E-state index in [4.69, 9.17) is 0 Å². The molecule has 0 heterocycles. The third-order valence-electron chi connectivity index (χ3n) is 1.62. The highest BCUT2D eigenvalue weighted by atomic mass is 16.7. The Morgan fingerprint density at radius 2 is 2.23 bits per heavy atom. The van der Waals surface area contributed by atoms with E-state index in [1.165, 1.54) is 0 Å². The minimum atomic E-state index is -2.12. The van der Waals surface area contributed by atoms with Gasteiger partial charge in [0.15, 0.2) is 0 Å². The number of rotatable bonds is 6. The highest BCUT2D eigenvalue weighted by Crippen LogP contribution is 2.16. The van der Waals surface area contributed by atoms with Crippen molar-refractivity contribution in [1.82, 2.24) is 0 Å². The molecule has 0 bridgehead atoms. The summed E-state index contributed by atoms with van der Waals surface area (Å²) in [5.74, 6) is -3.07. The molecule has 1 N–H and O–H groups in total. The fourth-order valence-electron chi connectivity index (χ4n) is 0.865. The van der Waals surface area contributed by atoms with Crippen LogP contribution < -0.4 is 0 Å². The second kappa shape index (κ2) is 5.53. The zero-order valence-electron chi connectivity index (χ0n) is 7.78. The van der Waals surface area contributed by atoms with E-state index in [1.807, 2.05) is 6.92 Å².